The molecule has 0 bridgehead atoms. The Morgan fingerprint density at radius 1 is 1.18 bits per heavy atom. The van der Waals surface area contributed by atoms with E-state index in [4.69, 9.17) is 4.42 Å². The largest absolute Gasteiger partial charge is 0.431 e. The van der Waals surface area contributed by atoms with E-state index < -0.39 is 0 Å². The summed E-state index contributed by atoms with van der Waals surface area (Å²) in [7, 11) is 0. The van der Waals surface area contributed by atoms with Crippen molar-refractivity contribution in [2.45, 2.75) is 5.22 Å². The number of nitrogens with zero attached hydrogens (tertiary/aromatic N) is 2. The van der Waals surface area contributed by atoms with Crippen LogP contribution >= 0.6 is 23.1 Å². The van der Waals surface area contributed by atoms with Crippen LogP contribution in [0.25, 0.3) is 32.4 Å². The van der Waals surface area contributed by atoms with Crippen LogP contribution < -0.4 is 5.32 Å². The van der Waals surface area contributed by atoms with Gasteiger partial charge in [0.25, 0.3) is 5.22 Å². The predicted octanol–water partition coefficient (Wildman–Crippen LogP) is 5.16. The third kappa shape index (κ3) is 3.28. The van der Waals surface area contributed by atoms with Gasteiger partial charge in [0.15, 0.2) is 10.7 Å². The number of H-pyrrole nitrogens is 1. The van der Waals surface area contributed by atoms with Crippen LogP contribution in [-0.4, -0.2) is 26.6 Å². The van der Waals surface area contributed by atoms with Crippen LogP contribution in [0.3, 0.4) is 0 Å². The Morgan fingerprint density at radius 2 is 2.04 bits per heavy atom. The molecule has 0 aliphatic heterocycles. The molecule has 0 radical (unpaired) electrons. The van der Waals surface area contributed by atoms with Crippen molar-refractivity contribution in [3.63, 3.8) is 0 Å². The molecule has 0 saturated heterocycles. The third-order valence-electron chi connectivity index (χ3n) is 4.21. The summed E-state index contributed by atoms with van der Waals surface area (Å²) < 4.78 is 5.62. The molecule has 5 aromatic rings. The highest BCUT2D eigenvalue weighted by molar-refractivity contribution is 7.99. The summed E-state index contributed by atoms with van der Waals surface area (Å²) in [6.07, 6.45) is 3.75. The molecule has 2 aromatic carbocycles. The highest BCUT2D eigenvalue weighted by atomic mass is 32.2. The van der Waals surface area contributed by atoms with Crippen LogP contribution in [0.4, 0.5) is 5.13 Å². The third-order valence-corrected chi connectivity index (χ3v) is 5.98. The van der Waals surface area contributed by atoms with Crippen LogP contribution in [0.2, 0.25) is 0 Å². The fourth-order valence-electron chi connectivity index (χ4n) is 2.93. The van der Waals surface area contributed by atoms with Crippen LogP contribution in [-0.2, 0) is 4.79 Å². The van der Waals surface area contributed by atoms with Gasteiger partial charge in [0, 0.05) is 28.9 Å². The minimum Gasteiger partial charge on any atom is -0.431 e. The molecule has 6 nitrogen and oxygen atoms in total. The molecule has 8 heteroatoms. The number of aromatic nitrogens is 3. The van der Waals surface area contributed by atoms with Crippen molar-refractivity contribution in [3.8, 4) is 10.4 Å². The molecule has 28 heavy (non-hydrogen) atoms. The molecule has 0 fully saturated rings. The minimum absolute atomic E-state index is 0.146. The van der Waals surface area contributed by atoms with Gasteiger partial charge in [0.2, 0.25) is 5.91 Å². The van der Waals surface area contributed by atoms with Gasteiger partial charge in [-0.15, -0.1) is 0 Å². The number of thiazole rings is 1. The summed E-state index contributed by atoms with van der Waals surface area (Å²) in [5.41, 5.74) is 3.66. The standard InChI is InChI=1S/C20H14N4O2S2/c25-18(11-27-20-23-15-7-3-4-8-16(15)26-20)24-19-22-10-17(28-19)13-9-21-14-6-2-1-5-12(13)14/h1-10,21H,11H2,(H,22,24,25). The molecule has 5 rings (SSSR count). The van der Waals surface area contributed by atoms with E-state index in [-0.39, 0.29) is 11.7 Å². The van der Waals surface area contributed by atoms with Crippen molar-refractivity contribution in [3.05, 3.63) is 60.9 Å². The molecule has 0 atom stereocenters. The van der Waals surface area contributed by atoms with Gasteiger partial charge in [-0.25, -0.2) is 9.97 Å². The number of hydrogen-bond donors (Lipinski definition) is 2. The summed E-state index contributed by atoms with van der Waals surface area (Å²) in [6.45, 7) is 0. The van der Waals surface area contributed by atoms with E-state index in [0.717, 1.165) is 26.9 Å². The number of carbonyl (C=O) groups is 1. The number of aromatic amines is 1. The van der Waals surface area contributed by atoms with E-state index in [0.29, 0.717) is 15.9 Å². The van der Waals surface area contributed by atoms with Gasteiger partial charge in [0.05, 0.1) is 10.6 Å². The molecule has 3 aromatic heterocycles. The molecule has 0 unspecified atom stereocenters. The number of benzene rings is 2. The van der Waals surface area contributed by atoms with Crippen LogP contribution in [0.5, 0.6) is 0 Å². The van der Waals surface area contributed by atoms with E-state index in [1.165, 1.54) is 23.1 Å². The number of fused-ring (bicyclic) bond motifs is 2. The summed E-state index contributed by atoms with van der Waals surface area (Å²) in [5, 5.41) is 5.03. The molecule has 0 aliphatic rings. The lowest BCUT2D eigenvalue weighted by Gasteiger charge is -1.99. The van der Waals surface area contributed by atoms with Crippen molar-refractivity contribution in [1.82, 2.24) is 15.0 Å². The monoisotopic (exact) mass is 406 g/mol. The summed E-state index contributed by atoms with van der Waals surface area (Å²) >= 11 is 2.71. The average molecular weight is 406 g/mol. The zero-order chi connectivity index (χ0) is 18.9. The Morgan fingerprint density at radius 3 is 2.96 bits per heavy atom. The maximum atomic E-state index is 12.3. The normalized spacial score (nSPS) is 11.3. The number of oxazole rings is 1. The summed E-state index contributed by atoms with van der Waals surface area (Å²) in [4.78, 5) is 25.2. The van der Waals surface area contributed by atoms with Crippen LogP contribution in [0.1, 0.15) is 0 Å². The SMILES string of the molecule is O=C(CSc1nc2ccccc2o1)Nc1ncc(-c2c[nH]c3ccccc23)s1. The smallest absolute Gasteiger partial charge is 0.257 e. The maximum absolute atomic E-state index is 12.3. The quantitative estimate of drug-likeness (QED) is 0.394. The minimum atomic E-state index is -0.146. The second kappa shape index (κ2) is 7.14. The second-order valence-electron chi connectivity index (χ2n) is 6.06. The number of amides is 1. The molecule has 2 N–H and O–H groups in total. The van der Waals surface area contributed by atoms with Gasteiger partial charge in [0.1, 0.15) is 5.52 Å². The first kappa shape index (κ1) is 17.0. The second-order valence-corrected chi connectivity index (χ2v) is 8.02. The number of anilines is 1. The molecule has 0 saturated carbocycles. The lowest BCUT2D eigenvalue weighted by atomic mass is 10.1. The van der Waals surface area contributed by atoms with E-state index in [2.05, 4.69) is 26.3 Å². The molecule has 138 valence electrons. The van der Waals surface area contributed by atoms with Gasteiger partial charge in [-0.05, 0) is 18.2 Å². The maximum Gasteiger partial charge on any atom is 0.257 e. The van der Waals surface area contributed by atoms with Crippen LogP contribution in [0, 0.1) is 0 Å². The zero-order valence-corrected chi connectivity index (χ0v) is 16.1. The fraction of sp³-hybridized carbons (Fsp3) is 0.0500. The first-order valence-electron chi connectivity index (χ1n) is 8.57. The molecule has 3 heterocycles. The highest BCUT2D eigenvalue weighted by Gasteiger charge is 2.13. The predicted molar refractivity (Wildman–Crippen MR) is 113 cm³/mol. The van der Waals surface area contributed by atoms with Crippen molar-refractivity contribution < 1.29 is 9.21 Å². The van der Waals surface area contributed by atoms with E-state index >= 15 is 0 Å². The first-order chi connectivity index (χ1) is 13.8. The lowest BCUT2D eigenvalue weighted by molar-refractivity contribution is -0.113. The molecule has 0 aliphatic carbocycles. The topological polar surface area (TPSA) is 83.8 Å². The Bertz CT molecular complexity index is 1250. The molecular weight excluding hydrogens is 392 g/mol. The molecule has 1 amide bonds. The lowest BCUT2D eigenvalue weighted by Crippen LogP contribution is -2.13. The van der Waals surface area contributed by atoms with Crippen molar-refractivity contribution in [2.75, 3.05) is 11.1 Å². The van der Waals surface area contributed by atoms with E-state index in [9.17, 15) is 4.79 Å². The number of thioether (sulfide) groups is 1. The van der Waals surface area contributed by atoms with E-state index in [1.54, 1.807) is 6.20 Å². The number of para-hydroxylation sites is 3. The molecule has 0 spiro atoms. The van der Waals surface area contributed by atoms with Crippen molar-refractivity contribution in [1.29, 1.82) is 0 Å². The van der Waals surface area contributed by atoms with Gasteiger partial charge in [-0.2, -0.15) is 0 Å². The Kier molecular flexibility index (Phi) is 4.34. The summed E-state index contributed by atoms with van der Waals surface area (Å²) in [6, 6.07) is 15.6. The first-order valence-corrected chi connectivity index (χ1v) is 10.4. The highest BCUT2D eigenvalue weighted by Crippen LogP contribution is 2.34. The van der Waals surface area contributed by atoms with Gasteiger partial charge >= 0.3 is 0 Å². The Hall–Kier alpha value is -3.10. The van der Waals surface area contributed by atoms with Gasteiger partial charge in [-0.3, -0.25) is 4.79 Å². The van der Waals surface area contributed by atoms with Crippen molar-refractivity contribution >= 4 is 56.1 Å². The Labute approximate surface area is 168 Å². The molecular formula is C20H14N4O2S2. The average Bonchev–Trinajstić information content (AvgIpc) is 3.43. The summed E-state index contributed by atoms with van der Waals surface area (Å²) in [5.74, 6) is 0.0570. The number of rotatable bonds is 5. The number of nitrogens with one attached hydrogen (secondary N) is 2. The van der Waals surface area contributed by atoms with Crippen molar-refractivity contribution in [2.24, 2.45) is 0 Å². The fourth-order valence-corrected chi connectivity index (χ4v) is 4.43. The zero-order valence-electron chi connectivity index (χ0n) is 14.5. The van der Waals surface area contributed by atoms with Gasteiger partial charge < -0.3 is 14.7 Å². The number of hydrogen-bond acceptors (Lipinski definition) is 6. The van der Waals surface area contributed by atoms with E-state index in [1.807, 2.05) is 48.7 Å². The number of carbonyl (C=O) groups excluding carboxylic acids is 1. The van der Waals surface area contributed by atoms with Crippen LogP contribution in [0.15, 0.2) is 70.6 Å². The Balaban J connectivity index is 1.25. The van der Waals surface area contributed by atoms with Gasteiger partial charge in [-0.1, -0.05) is 53.4 Å².